The number of carbonyl (C=O) groups is 1. The molecule has 1 rings (SSSR count). The van der Waals surface area contributed by atoms with Crippen LogP contribution in [0.1, 0.15) is 13.8 Å². The summed E-state index contributed by atoms with van der Waals surface area (Å²) in [5.74, 6) is 0.610. The van der Waals surface area contributed by atoms with E-state index in [0.717, 1.165) is 0 Å². The lowest BCUT2D eigenvalue weighted by Gasteiger charge is -2.19. The van der Waals surface area contributed by atoms with E-state index in [4.69, 9.17) is 4.74 Å². The first kappa shape index (κ1) is 9.04. The molecule has 2 atom stereocenters. The van der Waals surface area contributed by atoms with Gasteiger partial charge in [-0.25, -0.2) is 0 Å². The van der Waals surface area contributed by atoms with Crippen molar-refractivity contribution in [1.29, 1.82) is 0 Å². The number of ether oxygens (including phenoxy) is 1. The Morgan fingerprint density at radius 3 is 2.67 bits per heavy atom. The monoisotopic (exact) mass is 166 g/mol. The molecule has 0 spiro atoms. The van der Waals surface area contributed by atoms with Gasteiger partial charge in [0.25, 0.3) is 0 Å². The van der Waals surface area contributed by atoms with Crippen LogP contribution in [-0.2, 0) is 9.53 Å². The number of hydrogen-bond acceptors (Lipinski definition) is 2. The van der Waals surface area contributed by atoms with Crippen molar-refractivity contribution in [1.82, 2.24) is 0 Å². The number of carbonyl (C=O) groups excluding carboxylic acids is 1. The first-order chi connectivity index (χ1) is 5.70. The number of rotatable bonds is 2. The number of allylic oxidation sites excluding steroid dienone is 3. The van der Waals surface area contributed by atoms with Gasteiger partial charge in [-0.05, 0) is 5.92 Å². The highest BCUT2D eigenvalue weighted by atomic mass is 16.5. The average molecular weight is 166 g/mol. The fourth-order valence-electron chi connectivity index (χ4n) is 1.19. The van der Waals surface area contributed by atoms with E-state index in [-0.39, 0.29) is 5.97 Å². The van der Waals surface area contributed by atoms with E-state index < -0.39 is 0 Å². The van der Waals surface area contributed by atoms with Crippen LogP contribution in [-0.4, -0.2) is 12.6 Å². The first-order valence-electron chi connectivity index (χ1n) is 4.18. The van der Waals surface area contributed by atoms with Gasteiger partial charge in [0.15, 0.2) is 0 Å². The zero-order chi connectivity index (χ0) is 8.97. The minimum Gasteiger partial charge on any atom is -0.465 e. The molecule has 12 heavy (non-hydrogen) atoms. The van der Waals surface area contributed by atoms with E-state index in [1.807, 2.05) is 12.2 Å². The summed E-state index contributed by atoms with van der Waals surface area (Å²) in [6.07, 6.45) is 8.21. The molecule has 66 valence electrons. The average Bonchev–Trinajstić information content (AvgIpc) is 2.03. The van der Waals surface area contributed by atoms with E-state index in [1.165, 1.54) is 6.92 Å². The van der Waals surface area contributed by atoms with Gasteiger partial charge in [0.2, 0.25) is 0 Å². The first-order valence-corrected chi connectivity index (χ1v) is 4.18. The fourth-order valence-corrected chi connectivity index (χ4v) is 1.19. The zero-order valence-corrected chi connectivity index (χ0v) is 7.49. The quantitative estimate of drug-likeness (QED) is 0.586. The predicted octanol–water partition coefficient (Wildman–Crippen LogP) is 1.93. The molecule has 0 radical (unpaired) electrons. The Labute approximate surface area is 72.9 Å². The Balaban J connectivity index is 2.37. The van der Waals surface area contributed by atoms with Crippen molar-refractivity contribution >= 4 is 5.97 Å². The van der Waals surface area contributed by atoms with Gasteiger partial charge in [-0.2, -0.15) is 0 Å². The summed E-state index contributed by atoms with van der Waals surface area (Å²) in [6.45, 7) is 4.05. The Kier molecular flexibility index (Phi) is 3.09. The van der Waals surface area contributed by atoms with Crippen LogP contribution in [0.25, 0.3) is 0 Å². The number of hydrogen-bond donors (Lipinski definition) is 0. The molecule has 0 aromatic heterocycles. The molecule has 2 nitrogen and oxygen atoms in total. The normalized spacial score (nSPS) is 27.2. The molecular weight excluding hydrogens is 152 g/mol. The molecule has 0 aromatic rings. The molecule has 0 saturated carbocycles. The van der Waals surface area contributed by atoms with Crippen LogP contribution in [0.15, 0.2) is 24.3 Å². The van der Waals surface area contributed by atoms with E-state index >= 15 is 0 Å². The fraction of sp³-hybridized carbons (Fsp3) is 0.500. The maximum absolute atomic E-state index is 10.5. The summed E-state index contributed by atoms with van der Waals surface area (Å²) in [4.78, 5) is 10.5. The standard InChI is InChI=1S/C10H14O2/c1-8-5-3-4-6-10(8)7-12-9(2)11/h3-6,8,10H,7H2,1-2H3. The lowest BCUT2D eigenvalue weighted by Crippen LogP contribution is -2.17. The topological polar surface area (TPSA) is 26.3 Å². The molecule has 0 saturated heterocycles. The highest BCUT2D eigenvalue weighted by Gasteiger charge is 2.14. The molecule has 0 aromatic carbocycles. The summed E-state index contributed by atoms with van der Waals surface area (Å²) in [7, 11) is 0. The summed E-state index contributed by atoms with van der Waals surface area (Å²) < 4.78 is 4.93. The molecule has 0 N–H and O–H groups in total. The molecule has 2 heteroatoms. The molecule has 0 heterocycles. The van der Waals surface area contributed by atoms with Crippen molar-refractivity contribution in [3.05, 3.63) is 24.3 Å². The highest BCUT2D eigenvalue weighted by Crippen LogP contribution is 2.18. The molecule has 0 amide bonds. The highest BCUT2D eigenvalue weighted by molar-refractivity contribution is 5.65. The molecule has 1 aliphatic rings. The summed E-state index contributed by atoms with van der Waals surface area (Å²) in [5, 5.41) is 0. The smallest absolute Gasteiger partial charge is 0.302 e. The molecule has 0 aliphatic heterocycles. The number of esters is 1. The Morgan fingerprint density at radius 1 is 1.42 bits per heavy atom. The lowest BCUT2D eigenvalue weighted by atomic mass is 9.91. The maximum atomic E-state index is 10.5. The van der Waals surface area contributed by atoms with Crippen molar-refractivity contribution in [3.63, 3.8) is 0 Å². The van der Waals surface area contributed by atoms with Gasteiger partial charge in [0.05, 0.1) is 6.61 Å². The Morgan fingerprint density at radius 2 is 2.08 bits per heavy atom. The maximum Gasteiger partial charge on any atom is 0.302 e. The van der Waals surface area contributed by atoms with Crippen molar-refractivity contribution in [2.24, 2.45) is 11.8 Å². The second-order valence-corrected chi connectivity index (χ2v) is 3.10. The largest absolute Gasteiger partial charge is 0.465 e. The minimum atomic E-state index is -0.204. The van der Waals surface area contributed by atoms with Crippen LogP contribution < -0.4 is 0 Å². The van der Waals surface area contributed by atoms with Crippen LogP contribution in [0.3, 0.4) is 0 Å². The van der Waals surface area contributed by atoms with Crippen LogP contribution in [0.5, 0.6) is 0 Å². The molecule has 1 aliphatic carbocycles. The third kappa shape index (κ3) is 2.53. The molecule has 0 fully saturated rings. The van der Waals surface area contributed by atoms with Crippen molar-refractivity contribution in [3.8, 4) is 0 Å². The Hall–Kier alpha value is -1.05. The predicted molar refractivity (Wildman–Crippen MR) is 47.6 cm³/mol. The Bertz CT molecular complexity index is 216. The van der Waals surface area contributed by atoms with Crippen molar-refractivity contribution in [2.45, 2.75) is 13.8 Å². The van der Waals surface area contributed by atoms with E-state index in [9.17, 15) is 4.79 Å². The third-order valence-corrected chi connectivity index (χ3v) is 2.04. The van der Waals surface area contributed by atoms with Crippen LogP contribution in [0, 0.1) is 11.8 Å². The van der Waals surface area contributed by atoms with Crippen LogP contribution >= 0.6 is 0 Å². The lowest BCUT2D eigenvalue weighted by molar-refractivity contribution is -0.142. The summed E-state index contributed by atoms with van der Waals surface area (Å²) in [5.41, 5.74) is 0. The van der Waals surface area contributed by atoms with E-state index in [1.54, 1.807) is 0 Å². The van der Waals surface area contributed by atoms with Gasteiger partial charge in [0, 0.05) is 12.8 Å². The van der Waals surface area contributed by atoms with Gasteiger partial charge >= 0.3 is 5.97 Å². The van der Waals surface area contributed by atoms with Crippen LogP contribution in [0.2, 0.25) is 0 Å². The molecule has 0 bridgehead atoms. The SMILES string of the molecule is CC(=O)OCC1C=CC=CC1C. The van der Waals surface area contributed by atoms with E-state index in [0.29, 0.717) is 18.4 Å². The van der Waals surface area contributed by atoms with Crippen molar-refractivity contribution < 1.29 is 9.53 Å². The second kappa shape index (κ2) is 4.10. The summed E-state index contributed by atoms with van der Waals surface area (Å²) in [6, 6.07) is 0. The van der Waals surface area contributed by atoms with Gasteiger partial charge in [0.1, 0.15) is 0 Å². The molecule has 2 unspecified atom stereocenters. The van der Waals surface area contributed by atoms with Gasteiger partial charge in [-0.3, -0.25) is 4.79 Å². The van der Waals surface area contributed by atoms with Gasteiger partial charge < -0.3 is 4.74 Å². The second-order valence-electron chi connectivity index (χ2n) is 3.10. The third-order valence-electron chi connectivity index (χ3n) is 2.04. The van der Waals surface area contributed by atoms with Gasteiger partial charge in [-0.1, -0.05) is 31.2 Å². The van der Waals surface area contributed by atoms with E-state index in [2.05, 4.69) is 19.1 Å². The van der Waals surface area contributed by atoms with Gasteiger partial charge in [-0.15, -0.1) is 0 Å². The zero-order valence-electron chi connectivity index (χ0n) is 7.49. The molecular formula is C10H14O2. The minimum absolute atomic E-state index is 0.204. The summed E-state index contributed by atoms with van der Waals surface area (Å²) >= 11 is 0. The van der Waals surface area contributed by atoms with Crippen molar-refractivity contribution in [2.75, 3.05) is 6.61 Å². The van der Waals surface area contributed by atoms with Crippen LogP contribution in [0.4, 0.5) is 0 Å².